The molecule has 0 saturated carbocycles. The van der Waals surface area contributed by atoms with Crippen LogP contribution < -0.4 is 15.4 Å². The Hall–Kier alpha value is -2.57. The van der Waals surface area contributed by atoms with Gasteiger partial charge in [0.05, 0.1) is 13.7 Å². The van der Waals surface area contributed by atoms with Crippen molar-refractivity contribution >= 4 is 23.4 Å². The van der Waals surface area contributed by atoms with Crippen molar-refractivity contribution < 1.29 is 19.1 Å². The van der Waals surface area contributed by atoms with Gasteiger partial charge in [0.1, 0.15) is 11.4 Å². The van der Waals surface area contributed by atoms with E-state index >= 15 is 0 Å². The summed E-state index contributed by atoms with van der Waals surface area (Å²) in [6.07, 6.45) is 0. The average molecular weight is 391 g/mol. The highest BCUT2D eigenvalue weighted by Crippen LogP contribution is 2.26. The largest absolute Gasteiger partial charge is 0.496 e. The maximum absolute atomic E-state index is 12.1. The van der Waals surface area contributed by atoms with Gasteiger partial charge in [0.25, 0.3) is 0 Å². The summed E-state index contributed by atoms with van der Waals surface area (Å²) in [7, 11) is 3.09. The summed E-state index contributed by atoms with van der Waals surface area (Å²) in [5.74, 6) is -0.827. The third-order valence-electron chi connectivity index (χ3n) is 4.31. The number of carbonyl (C=O) groups excluding carboxylic acids is 2. The number of benzene rings is 2. The first kappa shape index (κ1) is 20.7. The summed E-state index contributed by atoms with van der Waals surface area (Å²) in [5, 5.41) is 5.76. The van der Waals surface area contributed by atoms with Gasteiger partial charge < -0.3 is 20.1 Å². The zero-order chi connectivity index (χ0) is 19.9. The van der Waals surface area contributed by atoms with E-state index in [1.54, 1.807) is 31.4 Å². The molecule has 0 aromatic heterocycles. The quantitative estimate of drug-likeness (QED) is 0.712. The van der Waals surface area contributed by atoms with Crippen molar-refractivity contribution in [3.63, 3.8) is 0 Å². The van der Waals surface area contributed by atoms with Crippen LogP contribution in [0.1, 0.15) is 18.1 Å². The Labute approximate surface area is 163 Å². The number of hydrogen-bond donors (Lipinski definition) is 2. The van der Waals surface area contributed by atoms with Crippen molar-refractivity contribution in [1.29, 1.82) is 0 Å². The van der Waals surface area contributed by atoms with Crippen LogP contribution in [0.4, 0.5) is 0 Å². The standard InChI is InChI=1S/C20H23ClN2O4/c1-20(27-3,15-8-6-9-16(21)11-15)13-23-19(25)18(24)22-12-14-7-4-5-10-17(14)26-2/h4-11H,12-13H2,1-3H3,(H,22,24)(H,23,25)/t20-/m1/s1. The van der Waals surface area contributed by atoms with E-state index in [1.807, 2.05) is 31.2 Å². The number of rotatable bonds is 7. The molecule has 0 radical (unpaired) electrons. The number of amides is 2. The number of nitrogens with one attached hydrogen (secondary N) is 2. The molecule has 6 nitrogen and oxygen atoms in total. The van der Waals surface area contributed by atoms with Crippen molar-refractivity contribution in [2.24, 2.45) is 0 Å². The predicted molar refractivity (Wildman–Crippen MR) is 104 cm³/mol. The third kappa shape index (κ3) is 5.45. The van der Waals surface area contributed by atoms with Crippen LogP contribution in [0.25, 0.3) is 0 Å². The van der Waals surface area contributed by atoms with Gasteiger partial charge in [-0.15, -0.1) is 0 Å². The minimum Gasteiger partial charge on any atom is -0.496 e. The molecule has 144 valence electrons. The second kappa shape index (κ2) is 9.39. The molecule has 27 heavy (non-hydrogen) atoms. The highest BCUT2D eigenvalue weighted by atomic mass is 35.5. The lowest BCUT2D eigenvalue weighted by molar-refractivity contribution is -0.140. The van der Waals surface area contributed by atoms with E-state index in [1.165, 1.54) is 7.11 Å². The number of methoxy groups -OCH3 is 2. The second-order valence-corrected chi connectivity index (χ2v) is 6.56. The van der Waals surface area contributed by atoms with E-state index in [0.717, 1.165) is 11.1 Å². The van der Waals surface area contributed by atoms with Gasteiger partial charge in [-0.25, -0.2) is 0 Å². The molecule has 2 rings (SSSR count). The van der Waals surface area contributed by atoms with Crippen LogP contribution in [-0.2, 0) is 26.5 Å². The Bertz CT molecular complexity index is 812. The second-order valence-electron chi connectivity index (χ2n) is 6.12. The Balaban J connectivity index is 1.94. The SMILES string of the molecule is COc1ccccc1CNC(=O)C(=O)NC[C@@](C)(OC)c1cccc(Cl)c1. The van der Waals surface area contributed by atoms with Gasteiger partial charge in [-0.3, -0.25) is 9.59 Å². The molecular formula is C20H23ClN2O4. The average Bonchev–Trinajstić information content (AvgIpc) is 2.70. The number of carbonyl (C=O) groups is 2. The van der Waals surface area contributed by atoms with Gasteiger partial charge in [0, 0.05) is 24.2 Å². The van der Waals surface area contributed by atoms with Crippen LogP contribution >= 0.6 is 11.6 Å². The third-order valence-corrected chi connectivity index (χ3v) is 4.55. The summed E-state index contributed by atoms with van der Waals surface area (Å²) < 4.78 is 10.8. The summed E-state index contributed by atoms with van der Waals surface area (Å²) >= 11 is 6.03. The number of hydrogen-bond acceptors (Lipinski definition) is 4. The van der Waals surface area contributed by atoms with Crippen LogP contribution in [-0.4, -0.2) is 32.6 Å². The maximum atomic E-state index is 12.1. The minimum absolute atomic E-state index is 0.116. The molecule has 2 amide bonds. The summed E-state index contributed by atoms with van der Waals surface area (Å²) in [5.41, 5.74) is 0.762. The van der Waals surface area contributed by atoms with E-state index in [9.17, 15) is 9.59 Å². The topological polar surface area (TPSA) is 76.7 Å². The molecule has 0 bridgehead atoms. The Morgan fingerprint density at radius 3 is 2.41 bits per heavy atom. The highest BCUT2D eigenvalue weighted by Gasteiger charge is 2.28. The Kier molecular flexibility index (Phi) is 7.21. The molecule has 0 saturated heterocycles. The number of para-hydroxylation sites is 1. The van der Waals surface area contributed by atoms with Gasteiger partial charge in [0.2, 0.25) is 0 Å². The lowest BCUT2D eigenvalue weighted by Gasteiger charge is -2.29. The molecule has 0 spiro atoms. The van der Waals surface area contributed by atoms with Gasteiger partial charge in [-0.05, 0) is 30.7 Å². The zero-order valence-electron chi connectivity index (χ0n) is 15.5. The fraction of sp³-hybridized carbons (Fsp3) is 0.300. The molecule has 1 atom stereocenters. The summed E-state index contributed by atoms with van der Waals surface area (Å²) in [4.78, 5) is 24.2. The molecule has 2 aromatic rings. The Morgan fingerprint density at radius 2 is 1.74 bits per heavy atom. The van der Waals surface area contributed by atoms with Crippen LogP contribution in [0.5, 0.6) is 5.75 Å². The van der Waals surface area contributed by atoms with E-state index in [2.05, 4.69) is 10.6 Å². The zero-order valence-corrected chi connectivity index (χ0v) is 16.3. The lowest BCUT2D eigenvalue weighted by atomic mass is 9.95. The fourth-order valence-corrected chi connectivity index (χ4v) is 2.73. The minimum atomic E-state index is -0.816. The first-order valence-corrected chi connectivity index (χ1v) is 8.76. The van der Waals surface area contributed by atoms with Crippen LogP contribution in [0, 0.1) is 0 Å². The van der Waals surface area contributed by atoms with E-state index in [0.29, 0.717) is 10.8 Å². The van der Waals surface area contributed by atoms with Crippen LogP contribution in [0.15, 0.2) is 48.5 Å². The van der Waals surface area contributed by atoms with Crippen molar-refractivity contribution in [3.05, 3.63) is 64.7 Å². The molecule has 0 fully saturated rings. The molecule has 0 aliphatic heterocycles. The normalized spacial score (nSPS) is 12.7. The molecule has 0 heterocycles. The smallest absolute Gasteiger partial charge is 0.309 e. The van der Waals surface area contributed by atoms with Gasteiger partial charge in [0.15, 0.2) is 0 Å². The van der Waals surface area contributed by atoms with Crippen molar-refractivity contribution in [2.75, 3.05) is 20.8 Å². The first-order valence-electron chi connectivity index (χ1n) is 8.38. The maximum Gasteiger partial charge on any atom is 0.309 e. The van der Waals surface area contributed by atoms with Gasteiger partial charge >= 0.3 is 11.8 Å². The lowest BCUT2D eigenvalue weighted by Crippen LogP contribution is -2.45. The Morgan fingerprint density at radius 1 is 1.04 bits per heavy atom. The number of halogens is 1. The molecule has 7 heteroatoms. The van der Waals surface area contributed by atoms with E-state index in [-0.39, 0.29) is 13.1 Å². The van der Waals surface area contributed by atoms with Gasteiger partial charge in [-0.1, -0.05) is 41.9 Å². The molecule has 0 unspecified atom stereocenters. The van der Waals surface area contributed by atoms with E-state index < -0.39 is 17.4 Å². The van der Waals surface area contributed by atoms with Gasteiger partial charge in [-0.2, -0.15) is 0 Å². The van der Waals surface area contributed by atoms with Crippen molar-refractivity contribution in [1.82, 2.24) is 10.6 Å². The number of ether oxygens (including phenoxy) is 2. The predicted octanol–water partition coefficient (Wildman–Crippen LogP) is 2.64. The van der Waals surface area contributed by atoms with Crippen molar-refractivity contribution in [2.45, 2.75) is 19.1 Å². The molecule has 0 aliphatic rings. The summed E-state index contributed by atoms with van der Waals surface area (Å²) in [6.45, 7) is 2.11. The molecular weight excluding hydrogens is 368 g/mol. The molecule has 2 N–H and O–H groups in total. The fourth-order valence-electron chi connectivity index (χ4n) is 2.54. The first-order chi connectivity index (χ1) is 12.9. The van der Waals surface area contributed by atoms with Crippen molar-refractivity contribution in [3.8, 4) is 5.75 Å². The van der Waals surface area contributed by atoms with Crippen LogP contribution in [0.2, 0.25) is 5.02 Å². The highest BCUT2D eigenvalue weighted by molar-refractivity contribution is 6.35. The molecule has 2 aromatic carbocycles. The van der Waals surface area contributed by atoms with Crippen LogP contribution in [0.3, 0.4) is 0 Å². The van der Waals surface area contributed by atoms with E-state index in [4.69, 9.17) is 21.1 Å². The summed E-state index contributed by atoms with van der Waals surface area (Å²) in [6, 6.07) is 14.4. The molecule has 0 aliphatic carbocycles. The monoisotopic (exact) mass is 390 g/mol.